The number of para-hydroxylation sites is 1. The van der Waals surface area contributed by atoms with Crippen LogP contribution in [0.25, 0.3) is 21.0 Å². The molecule has 1 fully saturated rings. The second kappa shape index (κ2) is 7.37. The molecule has 0 bridgehead atoms. The second-order valence-electron chi connectivity index (χ2n) is 6.41. The molecule has 1 aliphatic heterocycles. The lowest BCUT2D eigenvalue weighted by Crippen LogP contribution is -2.33. The van der Waals surface area contributed by atoms with Crippen molar-refractivity contribution < 1.29 is 9.21 Å². The third-order valence-electron chi connectivity index (χ3n) is 4.57. The normalized spacial score (nSPS) is 17.7. The van der Waals surface area contributed by atoms with E-state index in [2.05, 4.69) is 15.6 Å². The summed E-state index contributed by atoms with van der Waals surface area (Å²) in [5.41, 5.74) is 0.950. The molecule has 1 aromatic carbocycles. The zero-order chi connectivity index (χ0) is 17.1. The lowest BCUT2D eigenvalue weighted by atomic mass is 9.96. The molecule has 1 unspecified atom stereocenters. The van der Waals surface area contributed by atoms with Gasteiger partial charge in [-0.25, -0.2) is 4.98 Å². The smallest absolute Gasteiger partial charge is 0.287 e. The molecule has 25 heavy (non-hydrogen) atoms. The van der Waals surface area contributed by atoms with E-state index in [0.29, 0.717) is 24.0 Å². The van der Waals surface area contributed by atoms with Gasteiger partial charge < -0.3 is 15.1 Å². The highest BCUT2D eigenvalue weighted by Gasteiger charge is 2.16. The van der Waals surface area contributed by atoms with E-state index in [1.807, 2.05) is 30.3 Å². The molecule has 4 rings (SSSR count). The van der Waals surface area contributed by atoms with Crippen molar-refractivity contribution in [1.82, 2.24) is 15.6 Å². The predicted molar refractivity (Wildman–Crippen MR) is 99.9 cm³/mol. The lowest BCUT2D eigenvalue weighted by Gasteiger charge is -2.22. The summed E-state index contributed by atoms with van der Waals surface area (Å²) in [6, 6.07) is 11.5. The highest BCUT2D eigenvalue weighted by molar-refractivity contribution is 7.21. The predicted octanol–water partition coefficient (Wildman–Crippen LogP) is 3.68. The Kier molecular flexibility index (Phi) is 4.81. The van der Waals surface area contributed by atoms with Crippen molar-refractivity contribution in [1.29, 1.82) is 0 Å². The molecule has 0 saturated carbocycles. The third kappa shape index (κ3) is 3.75. The summed E-state index contributed by atoms with van der Waals surface area (Å²) in [6.45, 7) is 2.85. The highest BCUT2D eigenvalue weighted by atomic mass is 32.1. The number of furan rings is 1. The van der Waals surface area contributed by atoms with Gasteiger partial charge in [-0.3, -0.25) is 4.79 Å². The summed E-state index contributed by atoms with van der Waals surface area (Å²) in [7, 11) is 0. The molecule has 2 aromatic heterocycles. The van der Waals surface area contributed by atoms with Gasteiger partial charge in [0.05, 0.1) is 10.2 Å². The average molecular weight is 355 g/mol. The van der Waals surface area contributed by atoms with Crippen LogP contribution in [0.15, 0.2) is 40.8 Å². The molecule has 0 aliphatic carbocycles. The van der Waals surface area contributed by atoms with Crippen LogP contribution >= 0.6 is 11.3 Å². The minimum absolute atomic E-state index is 0.156. The maximum Gasteiger partial charge on any atom is 0.287 e. The summed E-state index contributed by atoms with van der Waals surface area (Å²) in [4.78, 5) is 16.8. The molecule has 1 saturated heterocycles. The molecule has 5 nitrogen and oxygen atoms in total. The quantitative estimate of drug-likeness (QED) is 0.733. The second-order valence-corrected chi connectivity index (χ2v) is 7.44. The standard InChI is InChI=1S/C19H21N3O2S/c23-18(21-11-9-13-4-3-10-20-12-13)15-7-8-16(24-15)19-22-14-5-1-2-6-17(14)25-19/h1-2,5-8,13,20H,3-4,9-12H2,(H,21,23). The minimum Gasteiger partial charge on any atom is -0.448 e. The number of rotatable bonds is 5. The van der Waals surface area contributed by atoms with Crippen LogP contribution in [0.5, 0.6) is 0 Å². The van der Waals surface area contributed by atoms with Gasteiger partial charge in [-0.05, 0) is 62.5 Å². The molecule has 1 amide bonds. The fourth-order valence-corrected chi connectivity index (χ4v) is 4.13. The van der Waals surface area contributed by atoms with E-state index in [-0.39, 0.29) is 5.91 Å². The van der Waals surface area contributed by atoms with Crippen LogP contribution in [0.2, 0.25) is 0 Å². The SMILES string of the molecule is O=C(NCCC1CCCNC1)c1ccc(-c2nc3ccccc3s2)o1. The summed E-state index contributed by atoms with van der Waals surface area (Å²) in [5.74, 6) is 1.49. The summed E-state index contributed by atoms with van der Waals surface area (Å²) in [6.07, 6.45) is 3.47. The maximum absolute atomic E-state index is 12.3. The largest absolute Gasteiger partial charge is 0.448 e. The Labute approximate surface area is 150 Å². The van der Waals surface area contributed by atoms with E-state index in [1.54, 1.807) is 17.4 Å². The number of fused-ring (bicyclic) bond motifs is 1. The maximum atomic E-state index is 12.3. The van der Waals surface area contributed by atoms with Crippen molar-refractivity contribution in [3.8, 4) is 10.8 Å². The van der Waals surface area contributed by atoms with Gasteiger partial charge in [0, 0.05) is 6.54 Å². The Bertz CT molecular complexity index is 831. The molecule has 6 heteroatoms. The van der Waals surface area contributed by atoms with E-state index in [1.165, 1.54) is 12.8 Å². The number of carbonyl (C=O) groups is 1. The van der Waals surface area contributed by atoms with Gasteiger partial charge in [0.2, 0.25) is 0 Å². The first-order valence-electron chi connectivity index (χ1n) is 8.74. The van der Waals surface area contributed by atoms with Crippen molar-refractivity contribution in [3.05, 3.63) is 42.2 Å². The number of nitrogens with one attached hydrogen (secondary N) is 2. The minimum atomic E-state index is -0.156. The van der Waals surface area contributed by atoms with Gasteiger partial charge in [-0.2, -0.15) is 0 Å². The van der Waals surface area contributed by atoms with Gasteiger partial charge in [0.1, 0.15) is 0 Å². The first-order chi connectivity index (χ1) is 12.3. The number of carbonyl (C=O) groups excluding carboxylic acids is 1. The topological polar surface area (TPSA) is 67.2 Å². The van der Waals surface area contributed by atoms with Crippen molar-refractivity contribution in [2.24, 2.45) is 5.92 Å². The van der Waals surface area contributed by atoms with Gasteiger partial charge in [-0.15, -0.1) is 11.3 Å². The third-order valence-corrected chi connectivity index (χ3v) is 5.62. The number of hydrogen-bond acceptors (Lipinski definition) is 5. The molecule has 1 aliphatic rings. The average Bonchev–Trinajstić information content (AvgIpc) is 3.29. The Morgan fingerprint density at radius 3 is 3.08 bits per heavy atom. The Hall–Kier alpha value is -2.18. The highest BCUT2D eigenvalue weighted by Crippen LogP contribution is 2.31. The molecule has 1 atom stereocenters. The fraction of sp³-hybridized carbons (Fsp3) is 0.368. The van der Waals surface area contributed by atoms with Gasteiger partial charge >= 0.3 is 0 Å². The summed E-state index contributed by atoms with van der Waals surface area (Å²) in [5, 5.41) is 7.16. The van der Waals surface area contributed by atoms with Crippen LogP contribution in [-0.4, -0.2) is 30.5 Å². The van der Waals surface area contributed by atoms with Crippen LogP contribution in [0.1, 0.15) is 29.8 Å². The zero-order valence-electron chi connectivity index (χ0n) is 14.0. The molecular formula is C19H21N3O2S. The Balaban J connectivity index is 1.37. The summed E-state index contributed by atoms with van der Waals surface area (Å²) < 4.78 is 6.84. The molecule has 3 heterocycles. The molecule has 0 radical (unpaired) electrons. The number of thiazole rings is 1. The van der Waals surface area contributed by atoms with E-state index in [0.717, 1.165) is 34.7 Å². The van der Waals surface area contributed by atoms with Crippen molar-refractivity contribution in [2.45, 2.75) is 19.3 Å². The first kappa shape index (κ1) is 16.3. The van der Waals surface area contributed by atoms with Gasteiger partial charge in [0.25, 0.3) is 5.91 Å². The van der Waals surface area contributed by atoms with E-state index < -0.39 is 0 Å². The number of aromatic nitrogens is 1. The molecular weight excluding hydrogens is 334 g/mol. The van der Waals surface area contributed by atoms with E-state index >= 15 is 0 Å². The number of hydrogen-bond donors (Lipinski definition) is 2. The van der Waals surface area contributed by atoms with E-state index in [4.69, 9.17) is 4.42 Å². The number of nitrogens with zero attached hydrogens (tertiary/aromatic N) is 1. The molecule has 130 valence electrons. The molecule has 0 spiro atoms. The number of benzene rings is 1. The van der Waals surface area contributed by atoms with E-state index in [9.17, 15) is 4.79 Å². The monoisotopic (exact) mass is 355 g/mol. The zero-order valence-corrected chi connectivity index (χ0v) is 14.8. The number of piperidine rings is 1. The van der Waals surface area contributed by atoms with Crippen LogP contribution in [0.3, 0.4) is 0 Å². The van der Waals surface area contributed by atoms with Gasteiger partial charge in [-0.1, -0.05) is 12.1 Å². The van der Waals surface area contributed by atoms with Crippen molar-refractivity contribution in [3.63, 3.8) is 0 Å². The molecule has 2 N–H and O–H groups in total. The van der Waals surface area contributed by atoms with Crippen molar-refractivity contribution in [2.75, 3.05) is 19.6 Å². The fourth-order valence-electron chi connectivity index (χ4n) is 3.20. The van der Waals surface area contributed by atoms with Crippen LogP contribution in [0, 0.1) is 5.92 Å². The molecule has 3 aromatic rings. The van der Waals surface area contributed by atoms with Crippen LogP contribution < -0.4 is 10.6 Å². The lowest BCUT2D eigenvalue weighted by molar-refractivity contribution is 0.0924. The van der Waals surface area contributed by atoms with Crippen molar-refractivity contribution >= 4 is 27.5 Å². The Morgan fingerprint density at radius 2 is 2.24 bits per heavy atom. The van der Waals surface area contributed by atoms with Gasteiger partial charge in [0.15, 0.2) is 16.5 Å². The Morgan fingerprint density at radius 1 is 1.32 bits per heavy atom. The van der Waals surface area contributed by atoms with Crippen LogP contribution in [-0.2, 0) is 0 Å². The summed E-state index contributed by atoms with van der Waals surface area (Å²) >= 11 is 1.57. The number of amides is 1. The van der Waals surface area contributed by atoms with Crippen LogP contribution in [0.4, 0.5) is 0 Å². The first-order valence-corrected chi connectivity index (χ1v) is 9.56.